The molecule has 416 valence electrons. The zero-order valence-corrected chi connectivity index (χ0v) is 44.6. The van der Waals surface area contributed by atoms with Gasteiger partial charge in [-0.15, -0.1) is 0 Å². The Morgan fingerprint density at radius 2 is 1.27 bits per heavy atom. The number of halogens is 3. The Bertz CT molecular complexity index is 2240. The highest BCUT2D eigenvalue weighted by atomic mass is 35.6. The fourth-order valence-electron chi connectivity index (χ4n) is 8.61. The van der Waals surface area contributed by atoms with Gasteiger partial charge in [0, 0.05) is 32.9 Å². The van der Waals surface area contributed by atoms with Gasteiger partial charge in [-0.3, -0.25) is 24.0 Å². The Labute approximate surface area is 448 Å². The molecule has 0 radical (unpaired) electrons. The summed E-state index contributed by atoms with van der Waals surface area (Å²) in [6, 6.07) is 13.7. The van der Waals surface area contributed by atoms with E-state index in [4.69, 9.17) is 91.6 Å². The van der Waals surface area contributed by atoms with Gasteiger partial charge in [0.15, 0.2) is 37.4 Å². The fraction of sp³-hybridized carbons (Fsp3) is 0.640. The van der Waals surface area contributed by atoms with E-state index in [2.05, 4.69) is 10.6 Å². The lowest BCUT2D eigenvalue weighted by Crippen LogP contribution is -2.71. The number of carbonyl (C=O) groups excluding carboxylic acids is 6. The highest BCUT2D eigenvalue weighted by Crippen LogP contribution is 2.39. The van der Waals surface area contributed by atoms with Crippen LogP contribution in [0.25, 0.3) is 0 Å². The van der Waals surface area contributed by atoms with Crippen LogP contribution >= 0.6 is 34.8 Å². The lowest BCUT2D eigenvalue weighted by atomic mass is 9.93. The first kappa shape index (κ1) is 60.0. The molecule has 4 aliphatic heterocycles. The van der Waals surface area contributed by atoms with Crippen molar-refractivity contribution < 1.29 is 95.8 Å². The van der Waals surface area contributed by atoms with E-state index in [0.717, 1.165) is 26.7 Å². The summed E-state index contributed by atoms with van der Waals surface area (Å²) in [4.78, 5) is 79.2. The van der Waals surface area contributed by atoms with Crippen molar-refractivity contribution in [3.05, 3.63) is 71.8 Å². The summed E-state index contributed by atoms with van der Waals surface area (Å²) in [5, 5.41) is 29.6. The van der Waals surface area contributed by atoms with Gasteiger partial charge in [-0.2, -0.15) is 0 Å². The second kappa shape index (κ2) is 26.9. The van der Waals surface area contributed by atoms with Gasteiger partial charge < -0.3 is 77.7 Å². The SMILES string of the molecule is CCCCCO[C@@H]1O[C@H](COC(=O)c2ccccc2)[C@@H](O[C@@H]2O[C@H](COC(=O)C(C)(C)C)[C@H](OC(C)=O)[C@H](O[C@@H]3O[C@@H]4COC(c5ccccc5)O[C@H]4[C@H](O)[C@H]3NC(=O)C(Cl)(Cl)Cl)[C@H]2OC(C)=O)[C@H](O)[C@H]1NC(C)=O. The number of amides is 2. The van der Waals surface area contributed by atoms with Crippen LogP contribution in [-0.4, -0.2) is 168 Å². The number of nitrogens with one attached hydrogen (secondary N) is 2. The third-order valence-corrected chi connectivity index (χ3v) is 12.7. The van der Waals surface area contributed by atoms with E-state index < -0.39 is 156 Å². The largest absolute Gasteiger partial charge is 0.462 e. The highest BCUT2D eigenvalue weighted by Gasteiger charge is 2.59. The lowest BCUT2D eigenvalue weighted by molar-refractivity contribution is -0.382. The molecule has 25 heteroatoms. The monoisotopic (exact) mass is 1120 g/mol. The summed E-state index contributed by atoms with van der Waals surface area (Å²) < 4.78 is 71.2. The molecular formula is C50H65Cl3N2O20. The molecule has 0 aliphatic carbocycles. The Hall–Kier alpha value is -4.27. The Balaban J connectivity index is 1.43. The number of ether oxygens (including phenoxy) is 12. The number of unbranched alkanes of at least 4 members (excludes halogenated alkanes) is 2. The zero-order valence-electron chi connectivity index (χ0n) is 42.3. The maximum atomic E-state index is 13.5. The van der Waals surface area contributed by atoms with E-state index in [-0.39, 0.29) is 18.8 Å². The van der Waals surface area contributed by atoms with Crippen molar-refractivity contribution >= 4 is 70.5 Å². The van der Waals surface area contributed by atoms with Crippen molar-refractivity contribution in [1.82, 2.24) is 10.6 Å². The summed E-state index contributed by atoms with van der Waals surface area (Å²) in [5.41, 5.74) is -0.303. The molecule has 1 unspecified atom stereocenters. The van der Waals surface area contributed by atoms with Crippen LogP contribution in [0.15, 0.2) is 60.7 Å². The molecule has 4 saturated heterocycles. The van der Waals surface area contributed by atoms with E-state index >= 15 is 0 Å². The summed E-state index contributed by atoms with van der Waals surface area (Å²) >= 11 is 18.1. The van der Waals surface area contributed by atoms with E-state index in [9.17, 15) is 39.0 Å². The summed E-state index contributed by atoms with van der Waals surface area (Å²) in [6.45, 7) is 8.68. The minimum absolute atomic E-state index is 0.143. The quantitative estimate of drug-likeness (QED) is 0.0676. The van der Waals surface area contributed by atoms with E-state index in [1.807, 2.05) is 6.92 Å². The molecule has 4 aliphatic rings. The predicted octanol–water partition coefficient (Wildman–Crippen LogP) is 3.64. The molecule has 2 aromatic rings. The lowest BCUT2D eigenvalue weighted by Gasteiger charge is -2.51. The Morgan fingerprint density at radius 1 is 0.680 bits per heavy atom. The molecule has 2 aromatic carbocycles. The van der Waals surface area contributed by atoms with Crippen LogP contribution in [0.3, 0.4) is 0 Å². The summed E-state index contributed by atoms with van der Waals surface area (Å²) in [7, 11) is 0. The van der Waals surface area contributed by atoms with E-state index in [0.29, 0.717) is 12.0 Å². The van der Waals surface area contributed by atoms with Gasteiger partial charge in [0.05, 0.1) is 17.6 Å². The molecule has 4 N–H and O–H groups in total. The third-order valence-electron chi connectivity index (χ3n) is 12.2. The normalized spacial score (nSPS) is 31.9. The standard InChI is InChI=1S/C50H65Cl3N2O20/c1-8-9-16-21-64-44-33(54-25(2)56)35(59)38(30(70-44)22-65-42(61)28-17-12-10-13-18-28)74-46-41(69-27(4)58)40(39(68-26(3)57)32(72-46)24-67-48(63)49(5,6)7)75-45-34(55-47(62)50(51,52)53)36(60)37-31(71-45)23-66-43(73-37)29-19-14-11-15-20-29/h10-15,17-20,30-41,43-46,59-60H,8-9,16,21-24H2,1-7H3,(H,54,56)(H,55,62)/t30-,31-,32-,33-,34-,35-,36-,37-,38-,39+,40+,41-,43?,44-,45+,46+/m1/s1. The van der Waals surface area contributed by atoms with Crippen molar-refractivity contribution in [2.24, 2.45) is 5.41 Å². The van der Waals surface area contributed by atoms with Crippen molar-refractivity contribution in [1.29, 1.82) is 0 Å². The number of benzene rings is 2. The number of esters is 4. The molecule has 4 fully saturated rings. The number of fused-ring (bicyclic) bond motifs is 1. The van der Waals surface area contributed by atoms with Crippen LogP contribution in [0.4, 0.5) is 0 Å². The number of alkyl halides is 3. The summed E-state index contributed by atoms with van der Waals surface area (Å²) in [6.07, 6.45) is -19.9. The average Bonchev–Trinajstić information content (AvgIpc) is 3.35. The van der Waals surface area contributed by atoms with Crippen LogP contribution in [0.1, 0.15) is 89.9 Å². The van der Waals surface area contributed by atoms with Crippen molar-refractivity contribution in [2.45, 2.75) is 170 Å². The smallest absolute Gasteiger partial charge is 0.338 e. The molecular weight excluding hydrogens is 1050 g/mol. The summed E-state index contributed by atoms with van der Waals surface area (Å²) in [5.74, 6) is -5.26. The van der Waals surface area contributed by atoms with Crippen LogP contribution in [-0.2, 0) is 80.8 Å². The van der Waals surface area contributed by atoms with Crippen molar-refractivity contribution in [3.8, 4) is 0 Å². The van der Waals surface area contributed by atoms with Gasteiger partial charge in [-0.05, 0) is 39.3 Å². The minimum Gasteiger partial charge on any atom is -0.462 e. The van der Waals surface area contributed by atoms with E-state index in [1.165, 1.54) is 19.1 Å². The highest BCUT2D eigenvalue weighted by molar-refractivity contribution is 6.76. The molecule has 0 spiro atoms. The number of carbonyl (C=O) groups is 6. The first-order valence-corrected chi connectivity index (χ1v) is 25.6. The second-order valence-corrected chi connectivity index (χ2v) is 21.5. The molecule has 0 bridgehead atoms. The average molecular weight is 1120 g/mol. The molecule has 2 amide bonds. The molecule has 0 aromatic heterocycles. The van der Waals surface area contributed by atoms with Gasteiger partial charge in [0.25, 0.3) is 9.70 Å². The maximum Gasteiger partial charge on any atom is 0.338 e. The predicted molar refractivity (Wildman–Crippen MR) is 261 cm³/mol. The molecule has 4 heterocycles. The van der Waals surface area contributed by atoms with Crippen LogP contribution in [0.2, 0.25) is 0 Å². The third kappa shape index (κ3) is 16.2. The van der Waals surface area contributed by atoms with Crippen LogP contribution in [0, 0.1) is 5.41 Å². The minimum atomic E-state index is -2.60. The number of hydrogen-bond donors (Lipinski definition) is 4. The second-order valence-electron chi connectivity index (χ2n) is 19.3. The van der Waals surface area contributed by atoms with E-state index in [1.54, 1.807) is 69.3 Å². The number of hydrogen-bond acceptors (Lipinski definition) is 20. The Morgan fingerprint density at radius 3 is 1.88 bits per heavy atom. The fourth-order valence-corrected chi connectivity index (χ4v) is 8.77. The molecule has 6 rings (SSSR count). The van der Waals surface area contributed by atoms with Gasteiger partial charge >= 0.3 is 23.9 Å². The van der Waals surface area contributed by atoms with Gasteiger partial charge in [0.1, 0.15) is 74.1 Å². The molecule has 75 heavy (non-hydrogen) atoms. The number of rotatable bonds is 19. The maximum absolute atomic E-state index is 13.5. The first-order valence-electron chi connectivity index (χ1n) is 24.4. The van der Waals surface area contributed by atoms with Crippen molar-refractivity contribution in [3.63, 3.8) is 0 Å². The first-order chi connectivity index (χ1) is 35.5. The van der Waals surface area contributed by atoms with Crippen LogP contribution < -0.4 is 10.6 Å². The number of aliphatic hydroxyl groups is 2. The molecule has 22 nitrogen and oxygen atoms in total. The van der Waals surface area contributed by atoms with Gasteiger partial charge in [-0.1, -0.05) is 103 Å². The van der Waals surface area contributed by atoms with Gasteiger partial charge in [0.2, 0.25) is 5.91 Å². The van der Waals surface area contributed by atoms with Gasteiger partial charge in [-0.25, -0.2) is 4.79 Å². The molecule has 0 saturated carbocycles. The topological polar surface area (TPSA) is 278 Å². The Kier molecular flexibility index (Phi) is 21.5. The number of aliphatic hydroxyl groups excluding tert-OH is 2. The van der Waals surface area contributed by atoms with Crippen molar-refractivity contribution in [2.75, 3.05) is 26.4 Å². The van der Waals surface area contributed by atoms with Crippen LogP contribution in [0.5, 0.6) is 0 Å². The zero-order chi connectivity index (χ0) is 54.8. The molecule has 16 atom stereocenters.